The predicted octanol–water partition coefficient (Wildman–Crippen LogP) is 3.46. The zero-order chi connectivity index (χ0) is 29.9. The molecule has 1 aliphatic rings. The van der Waals surface area contributed by atoms with E-state index in [0.29, 0.717) is 46.6 Å². The third-order valence-corrected chi connectivity index (χ3v) is 5.81. The Morgan fingerprint density at radius 3 is 2.39 bits per heavy atom. The number of amides is 3. The Morgan fingerprint density at radius 2 is 1.71 bits per heavy atom. The van der Waals surface area contributed by atoms with Crippen molar-refractivity contribution in [3.05, 3.63) is 58.8 Å². The number of hydrogen-bond donors (Lipinski definition) is 3. The van der Waals surface area contributed by atoms with E-state index < -0.39 is 23.9 Å². The first-order chi connectivity index (χ1) is 19.7. The second kappa shape index (κ2) is 14.6. The number of ether oxygens (including phenoxy) is 5. The van der Waals surface area contributed by atoms with Crippen LogP contribution in [0.1, 0.15) is 44.9 Å². The molecule has 3 rings (SSSR count). The Morgan fingerprint density at radius 1 is 1.02 bits per heavy atom. The van der Waals surface area contributed by atoms with Gasteiger partial charge in [0.05, 0.1) is 45.3 Å². The maximum Gasteiger partial charge on any atom is 0.338 e. The summed E-state index contributed by atoms with van der Waals surface area (Å²) in [5.41, 5.74) is 4.35. The van der Waals surface area contributed by atoms with Crippen molar-refractivity contribution in [1.29, 1.82) is 0 Å². The number of nitrogens with one attached hydrogen (secondary N) is 3. The lowest BCUT2D eigenvalue weighted by Crippen LogP contribution is -2.45. The number of benzene rings is 2. The zero-order valence-electron chi connectivity index (χ0n) is 24.0. The summed E-state index contributed by atoms with van der Waals surface area (Å²) in [5, 5.41) is 9.30. The standard InChI is InChI=1S/C29H36N4O8/c1-7-39-28(35)26-18(4)31-29(36)32-27(26)20-9-11-22(24(13-20)38-6)41-16-25(34)33-30-14-19-8-10-21(23(12-19)37-5)40-15-17(2)3/h8-14,17,27H,7,15-16H2,1-6H3,(H,33,34)(H2,31,32,36)/b30-14-/t27-/m0/s1. The van der Waals surface area contributed by atoms with E-state index in [4.69, 9.17) is 23.7 Å². The van der Waals surface area contributed by atoms with Gasteiger partial charge in [0.25, 0.3) is 5.91 Å². The first-order valence-corrected chi connectivity index (χ1v) is 13.1. The number of carbonyl (C=O) groups excluding carboxylic acids is 3. The lowest BCUT2D eigenvalue weighted by Gasteiger charge is -2.28. The molecule has 0 saturated carbocycles. The smallest absolute Gasteiger partial charge is 0.338 e. The molecule has 3 N–H and O–H groups in total. The third kappa shape index (κ3) is 8.37. The van der Waals surface area contributed by atoms with Crippen LogP contribution in [0.2, 0.25) is 0 Å². The molecule has 41 heavy (non-hydrogen) atoms. The van der Waals surface area contributed by atoms with Crippen molar-refractivity contribution >= 4 is 24.1 Å². The van der Waals surface area contributed by atoms with E-state index in [-0.39, 0.29) is 24.5 Å². The number of urea groups is 1. The summed E-state index contributed by atoms with van der Waals surface area (Å²) in [6.07, 6.45) is 1.48. The number of hydrogen-bond acceptors (Lipinski definition) is 9. The van der Waals surface area contributed by atoms with E-state index in [1.807, 2.05) is 0 Å². The molecule has 1 aliphatic heterocycles. The zero-order valence-corrected chi connectivity index (χ0v) is 24.0. The summed E-state index contributed by atoms with van der Waals surface area (Å²) < 4.78 is 27.4. The highest BCUT2D eigenvalue weighted by atomic mass is 16.5. The van der Waals surface area contributed by atoms with Crippen molar-refractivity contribution in [3.8, 4) is 23.0 Å². The molecule has 220 valence electrons. The third-order valence-electron chi connectivity index (χ3n) is 5.81. The molecule has 0 radical (unpaired) electrons. The van der Waals surface area contributed by atoms with Gasteiger partial charge in [-0.3, -0.25) is 4.79 Å². The first kappa shape index (κ1) is 30.8. The Labute approximate surface area is 239 Å². The number of hydrazone groups is 1. The fourth-order valence-electron chi connectivity index (χ4n) is 3.90. The number of rotatable bonds is 13. The van der Waals surface area contributed by atoms with Gasteiger partial charge in [-0.2, -0.15) is 5.10 Å². The van der Waals surface area contributed by atoms with Gasteiger partial charge in [0.15, 0.2) is 29.6 Å². The van der Waals surface area contributed by atoms with Crippen molar-refractivity contribution < 1.29 is 38.1 Å². The summed E-state index contributed by atoms with van der Waals surface area (Å²) in [6.45, 7) is 7.86. The molecule has 0 unspecified atom stereocenters. The van der Waals surface area contributed by atoms with Crippen LogP contribution in [-0.4, -0.2) is 58.2 Å². The second-order valence-corrected chi connectivity index (χ2v) is 9.40. The lowest BCUT2D eigenvalue weighted by atomic mass is 9.95. The number of methoxy groups -OCH3 is 2. The minimum Gasteiger partial charge on any atom is -0.493 e. The van der Waals surface area contributed by atoms with Crippen LogP contribution in [-0.2, 0) is 14.3 Å². The molecule has 12 nitrogen and oxygen atoms in total. The molecule has 0 bridgehead atoms. The van der Waals surface area contributed by atoms with Crippen LogP contribution in [0.3, 0.4) is 0 Å². The number of allylic oxidation sites excluding steroid dienone is 1. The van der Waals surface area contributed by atoms with Gasteiger partial charge in [-0.15, -0.1) is 0 Å². The van der Waals surface area contributed by atoms with Crippen LogP contribution in [0.25, 0.3) is 0 Å². The second-order valence-electron chi connectivity index (χ2n) is 9.40. The predicted molar refractivity (Wildman–Crippen MR) is 151 cm³/mol. The molecular formula is C29H36N4O8. The highest BCUT2D eigenvalue weighted by Gasteiger charge is 2.32. The highest BCUT2D eigenvalue weighted by molar-refractivity contribution is 5.95. The van der Waals surface area contributed by atoms with Gasteiger partial charge in [-0.1, -0.05) is 19.9 Å². The summed E-state index contributed by atoms with van der Waals surface area (Å²) in [4.78, 5) is 37.0. The van der Waals surface area contributed by atoms with Gasteiger partial charge in [0.1, 0.15) is 0 Å². The van der Waals surface area contributed by atoms with Crippen LogP contribution >= 0.6 is 0 Å². The Bertz CT molecular complexity index is 1320. The molecule has 0 fully saturated rings. The van der Waals surface area contributed by atoms with E-state index in [0.717, 1.165) is 0 Å². The molecular weight excluding hydrogens is 532 g/mol. The Hall–Kier alpha value is -4.74. The maximum atomic E-state index is 12.6. The van der Waals surface area contributed by atoms with Crippen LogP contribution in [0.15, 0.2) is 52.8 Å². The van der Waals surface area contributed by atoms with Gasteiger partial charge in [0.2, 0.25) is 0 Å². The largest absolute Gasteiger partial charge is 0.493 e. The minimum absolute atomic E-state index is 0.187. The minimum atomic E-state index is -0.766. The lowest BCUT2D eigenvalue weighted by molar-refractivity contribution is -0.139. The fraction of sp³-hybridized carbons (Fsp3) is 0.379. The molecule has 1 heterocycles. The van der Waals surface area contributed by atoms with Crippen molar-refractivity contribution in [2.24, 2.45) is 11.0 Å². The van der Waals surface area contributed by atoms with Crippen LogP contribution in [0.4, 0.5) is 4.79 Å². The van der Waals surface area contributed by atoms with E-state index in [2.05, 4.69) is 35.0 Å². The molecule has 3 amide bonds. The van der Waals surface area contributed by atoms with E-state index in [9.17, 15) is 14.4 Å². The molecule has 0 saturated heterocycles. The fourth-order valence-corrected chi connectivity index (χ4v) is 3.90. The van der Waals surface area contributed by atoms with E-state index in [1.165, 1.54) is 13.3 Å². The quantitative estimate of drug-likeness (QED) is 0.189. The molecule has 12 heteroatoms. The monoisotopic (exact) mass is 568 g/mol. The average molecular weight is 569 g/mol. The summed E-state index contributed by atoms with van der Waals surface area (Å²) in [7, 11) is 3.00. The van der Waals surface area contributed by atoms with E-state index in [1.54, 1.807) is 57.4 Å². The summed E-state index contributed by atoms with van der Waals surface area (Å²) in [5.74, 6) is 1.11. The Kier molecular flexibility index (Phi) is 11.0. The van der Waals surface area contributed by atoms with Crippen molar-refractivity contribution in [1.82, 2.24) is 16.1 Å². The molecule has 0 aromatic heterocycles. The summed E-state index contributed by atoms with van der Waals surface area (Å²) >= 11 is 0. The van der Waals surface area contributed by atoms with Crippen molar-refractivity contribution in [2.75, 3.05) is 34.0 Å². The first-order valence-electron chi connectivity index (χ1n) is 13.1. The van der Waals surface area contributed by atoms with Crippen LogP contribution in [0.5, 0.6) is 23.0 Å². The van der Waals surface area contributed by atoms with Gasteiger partial charge < -0.3 is 34.3 Å². The van der Waals surface area contributed by atoms with Crippen molar-refractivity contribution in [2.45, 2.75) is 33.7 Å². The van der Waals surface area contributed by atoms with Crippen LogP contribution < -0.4 is 35.0 Å². The van der Waals surface area contributed by atoms with E-state index >= 15 is 0 Å². The number of carbonyl (C=O) groups is 3. The average Bonchev–Trinajstić information content (AvgIpc) is 2.94. The van der Waals surface area contributed by atoms with Gasteiger partial charge in [-0.05, 0) is 61.2 Å². The van der Waals surface area contributed by atoms with Gasteiger partial charge in [-0.25, -0.2) is 15.0 Å². The van der Waals surface area contributed by atoms with Crippen LogP contribution in [0, 0.1) is 5.92 Å². The normalized spacial score (nSPS) is 14.8. The molecule has 0 spiro atoms. The molecule has 1 atom stereocenters. The maximum absolute atomic E-state index is 12.6. The Balaban J connectivity index is 1.64. The molecule has 2 aromatic rings. The molecule has 2 aromatic carbocycles. The van der Waals surface area contributed by atoms with Crippen molar-refractivity contribution in [3.63, 3.8) is 0 Å². The summed E-state index contributed by atoms with van der Waals surface area (Å²) in [6, 6.07) is 8.99. The number of nitrogens with zero attached hydrogens (tertiary/aromatic N) is 1. The topological polar surface area (TPSA) is 146 Å². The van der Waals surface area contributed by atoms with Gasteiger partial charge >= 0.3 is 12.0 Å². The number of esters is 1. The SMILES string of the molecule is CCOC(=O)C1=C(C)NC(=O)N[C@H]1c1ccc(OCC(=O)N/N=C\c2ccc(OCC(C)C)c(OC)c2)c(OC)c1. The highest BCUT2D eigenvalue weighted by Crippen LogP contribution is 2.34. The molecule has 0 aliphatic carbocycles. The van der Waals surface area contributed by atoms with Gasteiger partial charge in [0, 0.05) is 5.70 Å².